The van der Waals surface area contributed by atoms with Crippen molar-refractivity contribution in [3.8, 4) is 0 Å². The van der Waals surface area contributed by atoms with E-state index in [1.54, 1.807) is 7.11 Å². The second-order valence-electron chi connectivity index (χ2n) is 3.57. The Labute approximate surface area is 62.2 Å². The van der Waals surface area contributed by atoms with Gasteiger partial charge >= 0.3 is 0 Å². The molecule has 0 aromatic heterocycles. The summed E-state index contributed by atoms with van der Waals surface area (Å²) in [5, 5.41) is 0. The third-order valence-corrected chi connectivity index (χ3v) is 3.13. The minimum Gasteiger partial charge on any atom is -0.383 e. The van der Waals surface area contributed by atoms with Gasteiger partial charge in [-0.2, -0.15) is 0 Å². The second-order valence-corrected chi connectivity index (χ2v) is 3.57. The fraction of sp³-hybridized carbons (Fsp3) is 1.00. The molecule has 0 aromatic rings. The van der Waals surface area contributed by atoms with Gasteiger partial charge in [0.05, 0.1) is 6.61 Å². The van der Waals surface area contributed by atoms with Crippen LogP contribution in [0.15, 0.2) is 0 Å². The summed E-state index contributed by atoms with van der Waals surface area (Å²) in [7, 11) is 4.02. The van der Waals surface area contributed by atoms with Gasteiger partial charge in [-0.25, -0.2) is 0 Å². The Bertz CT molecular complexity index is 131. The molecule has 1 unspecified atom stereocenters. The molecule has 3 rings (SSSR count). The van der Waals surface area contributed by atoms with Gasteiger partial charge in [0.1, 0.15) is 0 Å². The van der Waals surface area contributed by atoms with Crippen LogP contribution >= 0.6 is 0 Å². The summed E-state index contributed by atoms with van der Waals surface area (Å²) in [5.74, 6) is 0.954. The minimum absolute atomic E-state index is 0.731. The molecule has 2 bridgehead atoms. The molecule has 10 heavy (non-hydrogen) atoms. The lowest BCUT2D eigenvalue weighted by Gasteiger charge is -2.22. The molecule has 2 heterocycles. The van der Waals surface area contributed by atoms with E-state index < -0.39 is 0 Å². The number of nitrogens with zero attached hydrogens (tertiary/aromatic N) is 1. The zero-order valence-electron chi connectivity index (χ0n) is 6.71. The molecule has 2 saturated heterocycles. The largest absolute Gasteiger partial charge is 0.383 e. The average Bonchev–Trinajstić information content (AvgIpc) is 2.20. The molecule has 0 radical (unpaired) electrons. The molecule has 0 aromatic carbocycles. The fourth-order valence-electron chi connectivity index (χ4n) is 2.30. The van der Waals surface area contributed by atoms with Crippen molar-refractivity contribution < 1.29 is 4.74 Å². The highest BCUT2D eigenvalue weighted by Crippen LogP contribution is 2.44. The third kappa shape index (κ3) is 0.722. The first kappa shape index (κ1) is 6.62. The predicted molar refractivity (Wildman–Crippen MR) is 39.9 cm³/mol. The Morgan fingerprint density at radius 1 is 1.50 bits per heavy atom. The van der Waals surface area contributed by atoms with Crippen molar-refractivity contribution in [3.05, 3.63) is 0 Å². The van der Waals surface area contributed by atoms with Crippen molar-refractivity contribution in [2.24, 2.45) is 5.92 Å². The quantitative estimate of drug-likeness (QED) is 0.562. The molecule has 0 N–H and O–H groups in total. The van der Waals surface area contributed by atoms with Gasteiger partial charge in [0.25, 0.3) is 0 Å². The van der Waals surface area contributed by atoms with Crippen molar-refractivity contribution in [2.75, 3.05) is 20.8 Å². The molecule has 3 fully saturated rings. The Kier molecular flexibility index (Phi) is 1.46. The van der Waals surface area contributed by atoms with Crippen molar-refractivity contribution in [1.29, 1.82) is 0 Å². The molecule has 0 spiro atoms. The second kappa shape index (κ2) is 2.21. The minimum atomic E-state index is 0.731. The van der Waals surface area contributed by atoms with Gasteiger partial charge in [0.2, 0.25) is 0 Å². The van der Waals surface area contributed by atoms with Crippen LogP contribution in [0.1, 0.15) is 12.8 Å². The monoisotopic (exact) mass is 141 g/mol. The smallest absolute Gasteiger partial charge is 0.0620 e. The van der Waals surface area contributed by atoms with E-state index in [4.69, 9.17) is 4.74 Å². The SMILES string of the molecule is COCC1C2CC(C2)N1C. The molecular weight excluding hydrogens is 126 g/mol. The normalized spacial score (nSPS) is 45.6. The third-order valence-electron chi connectivity index (χ3n) is 3.13. The van der Waals surface area contributed by atoms with E-state index in [0.717, 1.165) is 24.6 Å². The maximum absolute atomic E-state index is 5.15. The van der Waals surface area contributed by atoms with Crippen molar-refractivity contribution in [3.63, 3.8) is 0 Å². The molecule has 58 valence electrons. The van der Waals surface area contributed by atoms with Crippen LogP contribution in [0, 0.1) is 5.92 Å². The van der Waals surface area contributed by atoms with Crippen molar-refractivity contribution >= 4 is 0 Å². The number of hydrogen-bond donors (Lipinski definition) is 0. The Balaban J connectivity index is 1.96. The molecular formula is C8H15NO. The number of hydrogen-bond acceptors (Lipinski definition) is 2. The Morgan fingerprint density at radius 3 is 2.60 bits per heavy atom. The van der Waals surface area contributed by atoms with E-state index in [1.807, 2.05) is 0 Å². The fourth-order valence-corrected chi connectivity index (χ4v) is 2.30. The summed E-state index contributed by atoms with van der Waals surface area (Å²) in [5.41, 5.74) is 0. The van der Waals surface area contributed by atoms with E-state index in [0.29, 0.717) is 0 Å². The van der Waals surface area contributed by atoms with E-state index in [1.165, 1.54) is 12.8 Å². The molecule has 2 aliphatic heterocycles. The number of likely N-dealkylation sites (N-methyl/N-ethyl adjacent to an activating group) is 1. The van der Waals surface area contributed by atoms with Gasteiger partial charge in [0.15, 0.2) is 0 Å². The van der Waals surface area contributed by atoms with Gasteiger partial charge < -0.3 is 4.74 Å². The van der Waals surface area contributed by atoms with E-state index >= 15 is 0 Å². The first-order chi connectivity index (χ1) is 4.83. The lowest BCUT2D eigenvalue weighted by atomic mass is 9.83. The van der Waals surface area contributed by atoms with Crippen LogP contribution in [0.2, 0.25) is 0 Å². The van der Waals surface area contributed by atoms with Crippen LogP contribution in [0.5, 0.6) is 0 Å². The predicted octanol–water partition coefficient (Wildman–Crippen LogP) is 0.725. The molecule has 2 nitrogen and oxygen atoms in total. The molecule has 1 atom stereocenters. The van der Waals surface area contributed by atoms with E-state index in [2.05, 4.69) is 11.9 Å². The number of ether oxygens (including phenoxy) is 1. The number of fused-ring (bicyclic) bond motifs is 1. The van der Waals surface area contributed by atoms with Gasteiger partial charge in [0, 0.05) is 19.2 Å². The van der Waals surface area contributed by atoms with Gasteiger partial charge in [-0.15, -0.1) is 0 Å². The number of methoxy groups -OCH3 is 1. The summed E-state index contributed by atoms with van der Waals surface area (Å²) >= 11 is 0. The van der Waals surface area contributed by atoms with Crippen LogP contribution in [0.3, 0.4) is 0 Å². The highest BCUT2D eigenvalue weighted by atomic mass is 16.5. The molecule has 2 heteroatoms. The summed E-state index contributed by atoms with van der Waals surface area (Å²) in [4.78, 5) is 2.48. The van der Waals surface area contributed by atoms with Gasteiger partial charge in [-0.05, 0) is 25.8 Å². The van der Waals surface area contributed by atoms with Crippen molar-refractivity contribution in [1.82, 2.24) is 4.90 Å². The van der Waals surface area contributed by atoms with E-state index in [-0.39, 0.29) is 0 Å². The molecule has 1 aliphatic carbocycles. The zero-order chi connectivity index (χ0) is 7.14. The maximum Gasteiger partial charge on any atom is 0.0620 e. The average molecular weight is 141 g/mol. The van der Waals surface area contributed by atoms with Crippen LogP contribution in [0.25, 0.3) is 0 Å². The van der Waals surface area contributed by atoms with E-state index in [9.17, 15) is 0 Å². The van der Waals surface area contributed by atoms with Gasteiger partial charge in [-0.3, -0.25) is 4.90 Å². The Hall–Kier alpha value is -0.0800. The maximum atomic E-state index is 5.15. The Morgan fingerprint density at radius 2 is 2.20 bits per heavy atom. The number of rotatable bonds is 2. The molecule has 0 amide bonds. The van der Waals surface area contributed by atoms with Gasteiger partial charge in [-0.1, -0.05) is 0 Å². The first-order valence-corrected chi connectivity index (χ1v) is 4.04. The lowest BCUT2D eigenvalue weighted by molar-refractivity contribution is 0.127. The molecule has 3 aliphatic rings. The highest BCUT2D eigenvalue weighted by Gasteiger charge is 2.48. The first-order valence-electron chi connectivity index (χ1n) is 4.04. The topological polar surface area (TPSA) is 12.5 Å². The summed E-state index contributed by atoms with van der Waals surface area (Å²) < 4.78 is 5.15. The van der Waals surface area contributed by atoms with Crippen LogP contribution in [-0.4, -0.2) is 37.7 Å². The molecule has 1 saturated carbocycles. The van der Waals surface area contributed by atoms with Crippen LogP contribution in [-0.2, 0) is 4.74 Å². The summed E-state index contributed by atoms with van der Waals surface area (Å²) in [6.45, 7) is 0.928. The van der Waals surface area contributed by atoms with Crippen molar-refractivity contribution in [2.45, 2.75) is 24.9 Å². The summed E-state index contributed by atoms with van der Waals surface area (Å²) in [6, 6.07) is 1.63. The zero-order valence-corrected chi connectivity index (χ0v) is 6.71. The van der Waals surface area contributed by atoms with Crippen LogP contribution < -0.4 is 0 Å². The summed E-state index contributed by atoms with van der Waals surface area (Å²) in [6.07, 6.45) is 2.84. The lowest BCUT2D eigenvalue weighted by Crippen LogP contribution is -2.29. The highest BCUT2D eigenvalue weighted by molar-refractivity contribution is 5.02. The van der Waals surface area contributed by atoms with Crippen LogP contribution in [0.4, 0.5) is 0 Å². The standard InChI is InChI=1S/C8H15NO/c1-9-7-3-6(4-7)8(9)5-10-2/h6-8H,3-5H2,1-2H3.